The summed E-state index contributed by atoms with van der Waals surface area (Å²) in [6.07, 6.45) is 9.43. The van der Waals surface area contributed by atoms with Crippen molar-refractivity contribution >= 4 is 6.21 Å². The molecule has 1 heteroatoms. The molecule has 2 heterocycles. The molecule has 2 aliphatic heterocycles. The van der Waals surface area contributed by atoms with E-state index in [0.29, 0.717) is 6.04 Å². The van der Waals surface area contributed by atoms with Crippen LogP contribution < -0.4 is 0 Å². The van der Waals surface area contributed by atoms with Gasteiger partial charge in [-0.3, -0.25) is 0 Å². The predicted molar refractivity (Wildman–Crippen MR) is 96.3 cm³/mol. The van der Waals surface area contributed by atoms with Gasteiger partial charge < -0.3 is 0 Å². The van der Waals surface area contributed by atoms with Crippen LogP contribution in [0, 0.1) is 0 Å². The van der Waals surface area contributed by atoms with Crippen LogP contribution in [0.4, 0.5) is 0 Å². The minimum atomic E-state index is -0.0759. The summed E-state index contributed by atoms with van der Waals surface area (Å²) in [6, 6.07) is 20.5. The summed E-state index contributed by atoms with van der Waals surface area (Å²) in [7, 11) is 0. The molecule has 23 heavy (non-hydrogen) atoms. The van der Waals surface area contributed by atoms with E-state index in [9.17, 15) is 0 Å². The molecule has 0 radical (unpaired) electrons. The fourth-order valence-corrected chi connectivity index (χ4v) is 4.46. The van der Waals surface area contributed by atoms with E-state index < -0.39 is 0 Å². The van der Waals surface area contributed by atoms with Gasteiger partial charge in [-0.05, 0) is 24.0 Å². The molecule has 1 saturated heterocycles. The largest absolute Gasteiger partial charge is 0.231 e. The lowest BCUT2D eigenvalue weighted by molar-refractivity contribution is -0.582. The van der Waals surface area contributed by atoms with Crippen molar-refractivity contribution in [3.63, 3.8) is 0 Å². The lowest BCUT2D eigenvalue weighted by atomic mass is 9.68. The average Bonchev–Trinajstić information content (AvgIpc) is 2.63. The molecule has 2 atom stereocenters. The van der Waals surface area contributed by atoms with Crippen LogP contribution in [0.1, 0.15) is 48.4 Å². The fraction of sp³-hybridized carbons (Fsp3) is 0.318. The lowest BCUT2D eigenvalue weighted by Gasteiger charge is -2.38. The van der Waals surface area contributed by atoms with E-state index in [1.807, 2.05) is 0 Å². The Morgan fingerprint density at radius 1 is 1.04 bits per heavy atom. The second kappa shape index (κ2) is 5.81. The molecular weight excluding hydrogens is 278 g/mol. The highest BCUT2D eigenvalue weighted by Gasteiger charge is 2.45. The molecule has 0 saturated carbocycles. The van der Waals surface area contributed by atoms with Gasteiger partial charge in [0.05, 0.1) is 0 Å². The number of piperidine rings is 1. The molecule has 1 fully saturated rings. The molecule has 2 aliphatic rings. The van der Waals surface area contributed by atoms with Crippen LogP contribution in [0.25, 0.3) is 0 Å². The van der Waals surface area contributed by atoms with Gasteiger partial charge in [0.2, 0.25) is 0 Å². The number of nitrogens with zero attached hydrogens (tertiary/aromatic N) is 1. The highest BCUT2D eigenvalue weighted by Crippen LogP contribution is 2.44. The summed E-state index contributed by atoms with van der Waals surface area (Å²) in [6.45, 7) is 5.24. The summed E-state index contributed by atoms with van der Waals surface area (Å²) < 4.78 is 2.60. The van der Waals surface area contributed by atoms with E-state index in [4.69, 9.17) is 0 Å². The van der Waals surface area contributed by atoms with E-state index >= 15 is 0 Å². The third-order valence-electron chi connectivity index (χ3n) is 5.49. The van der Waals surface area contributed by atoms with Gasteiger partial charge in [-0.2, -0.15) is 0 Å². The monoisotopic (exact) mass is 302 g/mol. The summed E-state index contributed by atoms with van der Waals surface area (Å²) in [4.78, 5) is 0. The van der Waals surface area contributed by atoms with E-state index in [1.165, 1.54) is 42.5 Å². The van der Waals surface area contributed by atoms with Gasteiger partial charge in [-0.15, -0.1) is 6.58 Å². The van der Waals surface area contributed by atoms with Crippen molar-refractivity contribution in [2.45, 2.75) is 37.1 Å². The van der Waals surface area contributed by atoms with Crippen molar-refractivity contribution < 1.29 is 4.58 Å². The molecule has 0 amide bonds. The number of allylic oxidation sites excluding steroid dienone is 1. The molecule has 2 aromatic rings. The van der Waals surface area contributed by atoms with Gasteiger partial charge >= 0.3 is 0 Å². The highest BCUT2D eigenvalue weighted by atomic mass is 15.1. The molecule has 116 valence electrons. The standard InChI is InChI=1S/C22H24N/c1-2-15-22(18-10-4-3-5-11-18)17-23-16-9-8-14-21(23)19-12-6-7-13-20(19)22/h2-7,10-13,17,21H,1,8-9,14-16H2/q+1/t21-,22+/m1/s1. The van der Waals surface area contributed by atoms with Crippen LogP contribution in [0.3, 0.4) is 0 Å². The Morgan fingerprint density at radius 3 is 2.65 bits per heavy atom. The van der Waals surface area contributed by atoms with E-state index in [2.05, 4.69) is 78.0 Å². The minimum Gasteiger partial charge on any atom is -0.231 e. The Kier molecular flexibility index (Phi) is 3.65. The van der Waals surface area contributed by atoms with Crippen molar-refractivity contribution in [3.05, 3.63) is 83.9 Å². The van der Waals surface area contributed by atoms with Crippen LogP contribution in [-0.4, -0.2) is 17.3 Å². The van der Waals surface area contributed by atoms with Crippen LogP contribution in [-0.2, 0) is 5.41 Å². The van der Waals surface area contributed by atoms with Gasteiger partial charge in [-0.25, -0.2) is 4.58 Å². The third-order valence-corrected chi connectivity index (χ3v) is 5.49. The van der Waals surface area contributed by atoms with Gasteiger partial charge in [0.1, 0.15) is 12.0 Å². The van der Waals surface area contributed by atoms with E-state index in [-0.39, 0.29) is 5.41 Å². The SMILES string of the molecule is C=CC[C@@]1(c2ccccc2)C=[N+]2CCCC[C@@H]2c2ccccc21. The summed E-state index contributed by atoms with van der Waals surface area (Å²) in [5, 5.41) is 0. The molecule has 4 rings (SSSR count). The van der Waals surface area contributed by atoms with Crippen molar-refractivity contribution in [1.29, 1.82) is 0 Å². The Hall–Kier alpha value is -2.15. The number of benzene rings is 2. The fourth-order valence-electron chi connectivity index (χ4n) is 4.46. The second-order valence-corrected chi connectivity index (χ2v) is 6.80. The molecule has 0 aliphatic carbocycles. The zero-order valence-electron chi connectivity index (χ0n) is 13.6. The zero-order valence-corrected chi connectivity index (χ0v) is 13.6. The molecule has 0 aromatic heterocycles. The van der Waals surface area contributed by atoms with Crippen LogP contribution in [0.15, 0.2) is 67.3 Å². The Balaban J connectivity index is 1.98. The number of hydrogen-bond donors (Lipinski definition) is 0. The zero-order chi connectivity index (χ0) is 15.7. The third kappa shape index (κ3) is 2.26. The first kappa shape index (κ1) is 14.4. The normalized spacial score (nSPS) is 25.9. The van der Waals surface area contributed by atoms with Crippen molar-refractivity contribution in [3.8, 4) is 0 Å². The maximum absolute atomic E-state index is 4.06. The first-order chi connectivity index (χ1) is 11.3. The molecule has 0 spiro atoms. The van der Waals surface area contributed by atoms with Gasteiger partial charge in [-0.1, -0.05) is 60.7 Å². The number of hydrogen-bond acceptors (Lipinski definition) is 0. The topological polar surface area (TPSA) is 3.01 Å². The Bertz CT molecular complexity index is 744. The summed E-state index contributed by atoms with van der Waals surface area (Å²) in [5.41, 5.74) is 4.28. The summed E-state index contributed by atoms with van der Waals surface area (Å²) >= 11 is 0. The minimum absolute atomic E-state index is 0.0759. The maximum atomic E-state index is 4.06. The summed E-state index contributed by atoms with van der Waals surface area (Å²) in [5.74, 6) is 0. The van der Waals surface area contributed by atoms with Gasteiger partial charge in [0, 0.05) is 18.4 Å². The molecule has 0 unspecified atom stereocenters. The maximum Gasteiger partial charge on any atom is 0.178 e. The van der Waals surface area contributed by atoms with Crippen molar-refractivity contribution in [2.75, 3.05) is 6.54 Å². The van der Waals surface area contributed by atoms with Crippen molar-refractivity contribution in [2.24, 2.45) is 0 Å². The van der Waals surface area contributed by atoms with Crippen LogP contribution >= 0.6 is 0 Å². The smallest absolute Gasteiger partial charge is 0.178 e. The predicted octanol–water partition coefficient (Wildman–Crippen LogP) is 4.87. The lowest BCUT2D eigenvalue weighted by Crippen LogP contribution is -2.42. The quantitative estimate of drug-likeness (QED) is 0.562. The van der Waals surface area contributed by atoms with Crippen LogP contribution in [0.2, 0.25) is 0 Å². The highest BCUT2D eigenvalue weighted by molar-refractivity contribution is 5.78. The van der Waals surface area contributed by atoms with Crippen LogP contribution in [0.5, 0.6) is 0 Å². The van der Waals surface area contributed by atoms with Crippen molar-refractivity contribution in [1.82, 2.24) is 0 Å². The first-order valence-electron chi connectivity index (χ1n) is 8.73. The number of fused-ring (bicyclic) bond motifs is 3. The molecule has 1 nitrogen and oxygen atoms in total. The number of rotatable bonds is 3. The molecular formula is C22H24N+. The van der Waals surface area contributed by atoms with Gasteiger partial charge in [0.25, 0.3) is 0 Å². The van der Waals surface area contributed by atoms with E-state index in [0.717, 1.165) is 6.42 Å². The molecule has 0 N–H and O–H groups in total. The second-order valence-electron chi connectivity index (χ2n) is 6.80. The van der Waals surface area contributed by atoms with Gasteiger partial charge in [0.15, 0.2) is 12.3 Å². The van der Waals surface area contributed by atoms with E-state index in [1.54, 1.807) is 0 Å². The molecule has 0 bridgehead atoms. The Labute approximate surface area is 139 Å². The average molecular weight is 302 g/mol. The molecule has 2 aromatic carbocycles. The Morgan fingerprint density at radius 2 is 1.83 bits per heavy atom. The first-order valence-corrected chi connectivity index (χ1v) is 8.73.